The second-order valence-corrected chi connectivity index (χ2v) is 4.40. The Hall–Kier alpha value is -3.48. The number of azide groups is 2. The molecule has 1 aromatic carbocycles. The quantitative estimate of drug-likeness (QED) is 0.196. The zero-order chi connectivity index (χ0) is 17.4. The van der Waals surface area contributed by atoms with Crippen LogP contribution in [0.25, 0.3) is 20.9 Å². The number of aliphatic hydroxyl groups excluding tert-OH is 1. The van der Waals surface area contributed by atoms with E-state index in [1.54, 1.807) is 13.0 Å². The molecule has 0 aliphatic heterocycles. The van der Waals surface area contributed by atoms with Crippen molar-refractivity contribution in [1.29, 1.82) is 0 Å². The first-order valence-electron chi connectivity index (χ1n) is 6.23. The lowest BCUT2D eigenvalue weighted by Crippen LogP contribution is -2.07. The van der Waals surface area contributed by atoms with E-state index >= 15 is 0 Å². The molecule has 2 N–H and O–H groups in total. The molecule has 0 fully saturated rings. The van der Waals surface area contributed by atoms with Crippen LogP contribution in [0.5, 0.6) is 0 Å². The van der Waals surface area contributed by atoms with Crippen molar-refractivity contribution in [2.45, 2.75) is 20.0 Å². The van der Waals surface area contributed by atoms with Gasteiger partial charge in [-0.15, -0.1) is 0 Å². The van der Waals surface area contributed by atoms with Crippen LogP contribution in [-0.2, 0) is 17.9 Å². The average molecular weight is 316 g/mol. The van der Waals surface area contributed by atoms with Crippen LogP contribution >= 0.6 is 0 Å². The molecule has 0 aromatic heterocycles. The zero-order valence-corrected chi connectivity index (χ0v) is 12.0. The molecule has 0 saturated heterocycles. The molecule has 0 unspecified atom stereocenters. The number of aliphatic carboxylic acids is 1. The van der Waals surface area contributed by atoms with Gasteiger partial charge in [0.05, 0.1) is 13.1 Å². The van der Waals surface area contributed by atoms with Gasteiger partial charge in [-0.1, -0.05) is 16.3 Å². The summed E-state index contributed by atoms with van der Waals surface area (Å²) in [4.78, 5) is 28.0. The number of ketones is 1. The van der Waals surface area contributed by atoms with Crippen LogP contribution < -0.4 is 0 Å². The molecule has 1 rings (SSSR count). The molecule has 10 heteroatoms. The van der Waals surface area contributed by atoms with Gasteiger partial charge >= 0.3 is 5.97 Å². The van der Waals surface area contributed by atoms with Gasteiger partial charge in [0.1, 0.15) is 0 Å². The van der Waals surface area contributed by atoms with Gasteiger partial charge in [0, 0.05) is 21.5 Å². The smallest absolute Gasteiger partial charge is 0.371 e. The molecule has 23 heavy (non-hydrogen) atoms. The van der Waals surface area contributed by atoms with Crippen molar-refractivity contribution in [3.63, 3.8) is 0 Å². The molecular weight excluding hydrogens is 304 g/mol. The zero-order valence-electron chi connectivity index (χ0n) is 12.0. The molecule has 118 valence electrons. The second-order valence-electron chi connectivity index (χ2n) is 4.40. The Kier molecular flexibility index (Phi) is 6.17. The number of benzene rings is 1. The van der Waals surface area contributed by atoms with Crippen LogP contribution in [0, 0.1) is 6.92 Å². The van der Waals surface area contributed by atoms with Crippen molar-refractivity contribution in [2.24, 2.45) is 10.2 Å². The molecule has 0 spiro atoms. The number of nitrogens with zero attached hydrogens (tertiary/aromatic N) is 6. The number of rotatable bonds is 7. The van der Waals surface area contributed by atoms with E-state index in [0.29, 0.717) is 22.8 Å². The minimum Gasteiger partial charge on any atom is -0.502 e. The highest BCUT2D eigenvalue weighted by Gasteiger charge is 2.15. The predicted molar refractivity (Wildman–Crippen MR) is 79.6 cm³/mol. The standard InChI is InChI=1S/C13H12N6O4/c1-7-9(6-17-19-15)2-8(5-16-18-14)3-10(7)11(20)4-12(21)13(22)23/h2-4,21H,5-6H2,1H3,(H,22,23)/b12-4-. The Morgan fingerprint density at radius 1 is 1.17 bits per heavy atom. The maximum absolute atomic E-state index is 12.1. The predicted octanol–water partition coefficient (Wildman–Crippen LogP) is 3.32. The number of carbonyl (C=O) groups is 2. The Morgan fingerprint density at radius 2 is 1.78 bits per heavy atom. The van der Waals surface area contributed by atoms with E-state index < -0.39 is 17.5 Å². The van der Waals surface area contributed by atoms with Gasteiger partial charge in [-0.05, 0) is 40.7 Å². The molecular formula is C13H12N6O4. The summed E-state index contributed by atoms with van der Waals surface area (Å²) < 4.78 is 0. The van der Waals surface area contributed by atoms with Crippen molar-refractivity contribution in [3.8, 4) is 0 Å². The van der Waals surface area contributed by atoms with Crippen LogP contribution in [0.15, 0.2) is 34.2 Å². The van der Waals surface area contributed by atoms with E-state index in [-0.39, 0.29) is 18.7 Å². The van der Waals surface area contributed by atoms with Crippen molar-refractivity contribution < 1.29 is 19.8 Å². The van der Waals surface area contributed by atoms with Gasteiger partial charge in [-0.2, -0.15) is 0 Å². The first-order chi connectivity index (χ1) is 10.9. The topological polar surface area (TPSA) is 172 Å². The van der Waals surface area contributed by atoms with Gasteiger partial charge in [0.15, 0.2) is 5.78 Å². The summed E-state index contributed by atoms with van der Waals surface area (Å²) in [6.07, 6.45) is 0.583. The molecule has 0 aliphatic carbocycles. The third-order valence-electron chi connectivity index (χ3n) is 2.95. The van der Waals surface area contributed by atoms with Crippen molar-refractivity contribution in [1.82, 2.24) is 0 Å². The van der Waals surface area contributed by atoms with Crippen LogP contribution in [0.2, 0.25) is 0 Å². The molecule has 10 nitrogen and oxygen atoms in total. The molecule has 0 bridgehead atoms. The fraction of sp³-hybridized carbons (Fsp3) is 0.231. The lowest BCUT2D eigenvalue weighted by Gasteiger charge is -2.10. The first kappa shape index (κ1) is 17.6. The van der Waals surface area contributed by atoms with Gasteiger partial charge < -0.3 is 10.2 Å². The van der Waals surface area contributed by atoms with Gasteiger partial charge in [0.25, 0.3) is 0 Å². The number of carboxylic acid groups (broad SMARTS) is 1. The molecule has 0 saturated carbocycles. The summed E-state index contributed by atoms with van der Waals surface area (Å²) >= 11 is 0. The summed E-state index contributed by atoms with van der Waals surface area (Å²) in [5, 5.41) is 24.6. The van der Waals surface area contributed by atoms with Crippen molar-refractivity contribution >= 4 is 11.8 Å². The number of carboxylic acids is 1. The van der Waals surface area contributed by atoms with E-state index in [9.17, 15) is 14.7 Å². The normalized spacial score (nSPS) is 10.4. The van der Waals surface area contributed by atoms with Crippen molar-refractivity contribution in [2.75, 3.05) is 0 Å². The van der Waals surface area contributed by atoms with Crippen LogP contribution in [0.4, 0.5) is 0 Å². The van der Waals surface area contributed by atoms with E-state index in [0.717, 1.165) is 0 Å². The Bertz CT molecular complexity index is 773. The summed E-state index contributed by atoms with van der Waals surface area (Å²) in [6.45, 7) is 1.54. The van der Waals surface area contributed by atoms with Gasteiger partial charge in [-0.25, -0.2) is 4.79 Å². The van der Waals surface area contributed by atoms with Crippen LogP contribution in [0.1, 0.15) is 27.0 Å². The van der Waals surface area contributed by atoms with Crippen LogP contribution in [-0.4, -0.2) is 22.0 Å². The van der Waals surface area contributed by atoms with Crippen molar-refractivity contribution in [3.05, 3.63) is 67.1 Å². The SMILES string of the molecule is Cc1c(CN=[N+]=[N-])cc(CN=[N+]=[N-])cc1C(=O)/C=C(\O)C(=O)O. The summed E-state index contributed by atoms with van der Waals surface area (Å²) in [5.41, 5.74) is 18.4. The minimum absolute atomic E-state index is 0.0264. The fourth-order valence-corrected chi connectivity index (χ4v) is 1.84. The Morgan fingerprint density at radius 3 is 2.35 bits per heavy atom. The maximum Gasteiger partial charge on any atom is 0.371 e. The minimum atomic E-state index is -1.63. The Labute approximate surface area is 129 Å². The second kappa shape index (κ2) is 8.08. The molecule has 0 aliphatic rings. The number of hydrogen-bond donors (Lipinski definition) is 2. The lowest BCUT2D eigenvalue weighted by atomic mass is 9.95. The maximum atomic E-state index is 12.1. The van der Waals surface area contributed by atoms with E-state index in [2.05, 4.69) is 20.1 Å². The molecule has 1 aromatic rings. The summed E-state index contributed by atoms with van der Waals surface area (Å²) in [5.74, 6) is -3.45. The average Bonchev–Trinajstić information content (AvgIpc) is 2.52. The third-order valence-corrected chi connectivity index (χ3v) is 2.95. The number of aliphatic hydroxyl groups is 1. The monoisotopic (exact) mass is 316 g/mol. The third kappa shape index (κ3) is 4.78. The first-order valence-corrected chi connectivity index (χ1v) is 6.23. The summed E-state index contributed by atoms with van der Waals surface area (Å²) in [6, 6.07) is 3.05. The Balaban J connectivity index is 3.40. The van der Waals surface area contributed by atoms with E-state index in [4.69, 9.17) is 16.2 Å². The fourth-order valence-electron chi connectivity index (χ4n) is 1.84. The molecule has 0 amide bonds. The highest BCUT2D eigenvalue weighted by Crippen LogP contribution is 2.20. The molecule has 0 radical (unpaired) electrons. The highest BCUT2D eigenvalue weighted by molar-refractivity contribution is 6.08. The van der Waals surface area contributed by atoms with Gasteiger partial charge in [0.2, 0.25) is 5.76 Å². The largest absolute Gasteiger partial charge is 0.502 e. The van der Waals surface area contributed by atoms with Crippen LogP contribution in [0.3, 0.4) is 0 Å². The number of hydrogen-bond acceptors (Lipinski definition) is 5. The highest BCUT2D eigenvalue weighted by atomic mass is 16.4. The molecule has 0 heterocycles. The van der Waals surface area contributed by atoms with Gasteiger partial charge in [-0.3, -0.25) is 4.79 Å². The number of carbonyl (C=O) groups excluding carboxylic acids is 1. The van der Waals surface area contributed by atoms with E-state index in [1.165, 1.54) is 6.07 Å². The summed E-state index contributed by atoms with van der Waals surface area (Å²) in [7, 11) is 0. The lowest BCUT2D eigenvalue weighted by molar-refractivity contribution is -0.135. The molecule has 0 atom stereocenters. The number of allylic oxidation sites excluding steroid dienone is 1. The van der Waals surface area contributed by atoms with E-state index in [1.807, 2.05) is 0 Å².